The first-order valence-corrected chi connectivity index (χ1v) is 8.70. The van der Waals surface area contributed by atoms with Crippen molar-refractivity contribution in [3.8, 4) is 0 Å². The van der Waals surface area contributed by atoms with Crippen molar-refractivity contribution in [1.82, 2.24) is 4.90 Å². The number of carbonyl (C=O) groups is 2. The number of piperidine rings is 1. The molecule has 1 aliphatic rings. The molecule has 0 radical (unpaired) electrons. The minimum Gasteiger partial charge on any atom is -0.460 e. The summed E-state index contributed by atoms with van der Waals surface area (Å²) >= 11 is 0. The van der Waals surface area contributed by atoms with Crippen molar-refractivity contribution in [2.75, 3.05) is 13.1 Å². The van der Waals surface area contributed by atoms with Crippen LogP contribution in [-0.2, 0) is 20.9 Å². The normalized spacial score (nSPS) is 19.2. The molecule has 2 rings (SSSR count). The second-order valence-corrected chi connectivity index (χ2v) is 7.45. The Bertz CT molecular complexity index is 583. The number of nitrogens with two attached hydrogens (primary N) is 1. The topological polar surface area (TPSA) is 81.9 Å². The lowest BCUT2D eigenvalue weighted by Gasteiger charge is -2.35. The molecule has 1 saturated heterocycles. The van der Waals surface area contributed by atoms with Crippen LogP contribution in [0.4, 0.5) is 4.79 Å². The van der Waals surface area contributed by atoms with Crippen LogP contribution in [-0.4, -0.2) is 41.7 Å². The molecule has 138 valence electrons. The third kappa shape index (κ3) is 6.05. The number of nitrogens with zero attached hydrogens (tertiary/aromatic N) is 1. The zero-order valence-electron chi connectivity index (χ0n) is 15.2. The Morgan fingerprint density at radius 3 is 2.60 bits per heavy atom. The Labute approximate surface area is 149 Å². The van der Waals surface area contributed by atoms with Gasteiger partial charge in [-0.05, 0) is 39.2 Å². The van der Waals surface area contributed by atoms with Gasteiger partial charge in [0, 0.05) is 19.0 Å². The van der Waals surface area contributed by atoms with Gasteiger partial charge in [-0.3, -0.25) is 4.79 Å². The number of benzene rings is 1. The van der Waals surface area contributed by atoms with Gasteiger partial charge in [-0.15, -0.1) is 0 Å². The van der Waals surface area contributed by atoms with Crippen LogP contribution in [0, 0.1) is 5.92 Å². The van der Waals surface area contributed by atoms with Crippen LogP contribution in [0.25, 0.3) is 0 Å². The van der Waals surface area contributed by atoms with Crippen LogP contribution < -0.4 is 5.73 Å². The van der Waals surface area contributed by atoms with E-state index in [0.717, 1.165) is 18.4 Å². The summed E-state index contributed by atoms with van der Waals surface area (Å²) in [6.45, 7) is 6.74. The summed E-state index contributed by atoms with van der Waals surface area (Å²) in [5.74, 6) is -0.551. The van der Waals surface area contributed by atoms with Crippen LogP contribution in [0.1, 0.15) is 39.2 Å². The van der Waals surface area contributed by atoms with Crippen LogP contribution in [0.15, 0.2) is 30.3 Å². The molecular weight excluding hydrogens is 320 g/mol. The fraction of sp³-hybridized carbons (Fsp3) is 0.579. The largest absolute Gasteiger partial charge is 0.460 e. The van der Waals surface area contributed by atoms with E-state index < -0.39 is 17.6 Å². The van der Waals surface area contributed by atoms with Crippen molar-refractivity contribution in [3.63, 3.8) is 0 Å². The molecule has 0 aromatic heterocycles. The highest BCUT2D eigenvalue weighted by Gasteiger charge is 2.33. The summed E-state index contributed by atoms with van der Waals surface area (Å²) in [4.78, 5) is 26.1. The van der Waals surface area contributed by atoms with E-state index in [4.69, 9.17) is 15.2 Å². The first kappa shape index (κ1) is 19.2. The molecule has 0 bridgehead atoms. The maximum absolute atomic E-state index is 12.2. The molecule has 25 heavy (non-hydrogen) atoms. The first-order chi connectivity index (χ1) is 11.8. The van der Waals surface area contributed by atoms with Gasteiger partial charge in [-0.1, -0.05) is 30.3 Å². The van der Waals surface area contributed by atoms with E-state index in [0.29, 0.717) is 13.1 Å². The van der Waals surface area contributed by atoms with Gasteiger partial charge in [0.05, 0.1) is 0 Å². The van der Waals surface area contributed by atoms with Crippen LogP contribution in [0.5, 0.6) is 0 Å². The third-order valence-electron chi connectivity index (χ3n) is 4.11. The van der Waals surface area contributed by atoms with Crippen molar-refractivity contribution in [2.24, 2.45) is 11.7 Å². The number of ether oxygens (including phenoxy) is 2. The third-order valence-corrected chi connectivity index (χ3v) is 4.11. The summed E-state index contributed by atoms with van der Waals surface area (Å²) in [5, 5.41) is 0. The molecule has 6 heteroatoms. The van der Waals surface area contributed by atoms with Gasteiger partial charge in [0.15, 0.2) is 0 Å². The number of rotatable bonds is 4. The molecular formula is C19H28N2O4. The summed E-state index contributed by atoms with van der Waals surface area (Å²) in [5.41, 5.74) is 6.47. The van der Waals surface area contributed by atoms with Crippen LogP contribution >= 0.6 is 0 Å². The number of likely N-dealkylation sites (tertiary alicyclic amines) is 1. The second-order valence-electron chi connectivity index (χ2n) is 7.45. The molecule has 2 atom stereocenters. The van der Waals surface area contributed by atoms with Crippen molar-refractivity contribution in [2.45, 2.75) is 51.9 Å². The Morgan fingerprint density at radius 1 is 1.28 bits per heavy atom. The fourth-order valence-corrected chi connectivity index (χ4v) is 2.81. The maximum Gasteiger partial charge on any atom is 0.410 e. The smallest absolute Gasteiger partial charge is 0.410 e. The predicted molar refractivity (Wildman–Crippen MR) is 94.7 cm³/mol. The van der Waals surface area contributed by atoms with Crippen molar-refractivity contribution >= 4 is 12.1 Å². The summed E-state index contributed by atoms with van der Waals surface area (Å²) in [6, 6.07) is 8.73. The Hall–Kier alpha value is -2.08. The van der Waals surface area contributed by atoms with Gasteiger partial charge in [0.25, 0.3) is 0 Å². The van der Waals surface area contributed by atoms with Crippen molar-refractivity contribution in [1.29, 1.82) is 0 Å². The van der Waals surface area contributed by atoms with Crippen LogP contribution in [0.2, 0.25) is 0 Å². The summed E-state index contributed by atoms with van der Waals surface area (Å²) < 4.78 is 10.7. The van der Waals surface area contributed by atoms with Gasteiger partial charge in [0.1, 0.15) is 18.2 Å². The lowest BCUT2D eigenvalue weighted by Crippen LogP contribution is -2.50. The van der Waals surface area contributed by atoms with Gasteiger partial charge < -0.3 is 20.1 Å². The minimum absolute atomic E-state index is 0.121. The number of amides is 1. The molecule has 1 aromatic rings. The molecule has 1 fully saturated rings. The Morgan fingerprint density at radius 2 is 1.96 bits per heavy atom. The highest BCUT2D eigenvalue weighted by atomic mass is 16.6. The van der Waals surface area contributed by atoms with Gasteiger partial charge in [-0.25, -0.2) is 4.79 Å². The number of hydrogen-bond donors (Lipinski definition) is 1. The van der Waals surface area contributed by atoms with E-state index in [-0.39, 0.29) is 18.6 Å². The minimum atomic E-state index is -0.742. The van der Waals surface area contributed by atoms with Crippen molar-refractivity contribution in [3.05, 3.63) is 35.9 Å². The van der Waals surface area contributed by atoms with E-state index in [1.54, 1.807) is 4.90 Å². The standard InChI is InChI=1S/C19H28N2O4/c1-19(2,3)25-18(23)21-11-7-10-15(12-21)16(20)17(22)24-13-14-8-5-4-6-9-14/h4-6,8-9,15-16H,7,10-13,20H2,1-3H3/t15-,16?/m1/s1. The van der Waals surface area contributed by atoms with Crippen molar-refractivity contribution < 1.29 is 19.1 Å². The lowest BCUT2D eigenvalue weighted by atomic mass is 9.91. The molecule has 1 aliphatic heterocycles. The first-order valence-electron chi connectivity index (χ1n) is 8.70. The molecule has 2 N–H and O–H groups in total. The highest BCUT2D eigenvalue weighted by molar-refractivity contribution is 5.76. The lowest BCUT2D eigenvalue weighted by molar-refractivity contribution is -0.148. The van der Waals surface area contributed by atoms with Crippen LogP contribution in [0.3, 0.4) is 0 Å². The second kappa shape index (κ2) is 8.34. The number of carbonyl (C=O) groups excluding carboxylic acids is 2. The molecule has 0 saturated carbocycles. The molecule has 1 aromatic carbocycles. The Balaban J connectivity index is 1.86. The molecule has 1 heterocycles. The van der Waals surface area contributed by atoms with E-state index in [1.165, 1.54) is 0 Å². The zero-order valence-corrected chi connectivity index (χ0v) is 15.2. The summed E-state index contributed by atoms with van der Waals surface area (Å²) in [7, 11) is 0. The van der Waals surface area contributed by atoms with Gasteiger partial charge in [0.2, 0.25) is 0 Å². The number of hydrogen-bond acceptors (Lipinski definition) is 5. The molecule has 0 spiro atoms. The van der Waals surface area contributed by atoms with E-state index in [2.05, 4.69) is 0 Å². The van der Waals surface area contributed by atoms with E-state index in [1.807, 2.05) is 51.1 Å². The quantitative estimate of drug-likeness (QED) is 0.846. The Kier molecular flexibility index (Phi) is 6.42. The molecule has 0 aliphatic carbocycles. The van der Waals surface area contributed by atoms with Gasteiger partial charge in [-0.2, -0.15) is 0 Å². The maximum atomic E-state index is 12.2. The monoisotopic (exact) mass is 348 g/mol. The molecule has 6 nitrogen and oxygen atoms in total. The van der Waals surface area contributed by atoms with E-state index >= 15 is 0 Å². The summed E-state index contributed by atoms with van der Waals surface area (Å²) in [6.07, 6.45) is 1.23. The molecule has 1 unspecified atom stereocenters. The highest BCUT2D eigenvalue weighted by Crippen LogP contribution is 2.22. The average Bonchev–Trinajstić information content (AvgIpc) is 2.58. The SMILES string of the molecule is CC(C)(C)OC(=O)N1CCC[C@@H](C(N)C(=O)OCc2ccccc2)C1. The number of esters is 1. The molecule has 1 amide bonds. The average molecular weight is 348 g/mol. The van der Waals surface area contributed by atoms with Gasteiger partial charge >= 0.3 is 12.1 Å². The van der Waals surface area contributed by atoms with E-state index in [9.17, 15) is 9.59 Å². The zero-order chi connectivity index (χ0) is 18.4. The predicted octanol–water partition coefficient (Wildman–Crippen LogP) is 2.70. The fourth-order valence-electron chi connectivity index (χ4n) is 2.81.